The monoisotopic (exact) mass is 244 g/mol. The second kappa shape index (κ2) is 3.47. The zero-order valence-corrected chi connectivity index (χ0v) is 11.7. The molecule has 1 aliphatic heterocycles. The van der Waals surface area contributed by atoms with Crippen molar-refractivity contribution in [2.24, 2.45) is 17.3 Å². The fourth-order valence-corrected chi connectivity index (χ4v) is 6.37. The van der Waals surface area contributed by atoms with Crippen molar-refractivity contribution in [3.63, 3.8) is 0 Å². The molecule has 0 N–H and O–H groups in total. The molecule has 0 aromatic heterocycles. The predicted octanol–water partition coefficient (Wildman–Crippen LogP) is 3.03. The third-order valence-electron chi connectivity index (χ3n) is 5.31. The normalized spacial score (nSPS) is 29.9. The SMILES string of the molecule is CC(C)C1(C(C)C)CC2(CCCS2(=O)=O)C1. The van der Waals surface area contributed by atoms with Gasteiger partial charge in [0.1, 0.15) is 0 Å². The van der Waals surface area contributed by atoms with Crippen LogP contribution in [-0.2, 0) is 9.84 Å². The molecular weight excluding hydrogens is 220 g/mol. The first-order valence-corrected chi connectivity index (χ1v) is 8.13. The van der Waals surface area contributed by atoms with Crippen LogP contribution in [0, 0.1) is 17.3 Å². The lowest BCUT2D eigenvalue weighted by atomic mass is 9.51. The second-order valence-corrected chi connectivity index (χ2v) is 9.01. The van der Waals surface area contributed by atoms with Gasteiger partial charge in [0.05, 0.1) is 10.5 Å². The first-order chi connectivity index (χ1) is 7.26. The van der Waals surface area contributed by atoms with Gasteiger partial charge in [0.25, 0.3) is 0 Å². The summed E-state index contributed by atoms with van der Waals surface area (Å²) < 4.78 is 23.9. The minimum atomic E-state index is -2.79. The molecule has 94 valence electrons. The Balaban J connectivity index is 2.25. The van der Waals surface area contributed by atoms with Crippen molar-refractivity contribution in [1.29, 1.82) is 0 Å². The van der Waals surface area contributed by atoms with Crippen LogP contribution in [-0.4, -0.2) is 18.9 Å². The Bertz CT molecular complexity index is 363. The van der Waals surface area contributed by atoms with Gasteiger partial charge in [0.15, 0.2) is 9.84 Å². The molecule has 0 atom stereocenters. The summed E-state index contributed by atoms with van der Waals surface area (Å²) >= 11 is 0. The van der Waals surface area contributed by atoms with E-state index in [2.05, 4.69) is 27.7 Å². The fraction of sp³-hybridized carbons (Fsp3) is 1.00. The van der Waals surface area contributed by atoms with Crippen LogP contribution < -0.4 is 0 Å². The molecule has 2 nitrogen and oxygen atoms in total. The van der Waals surface area contributed by atoms with Gasteiger partial charge >= 0.3 is 0 Å². The largest absolute Gasteiger partial charge is 0.228 e. The molecule has 0 aromatic rings. The van der Waals surface area contributed by atoms with Crippen LogP contribution in [0.4, 0.5) is 0 Å². The highest BCUT2D eigenvalue weighted by atomic mass is 32.2. The summed E-state index contributed by atoms with van der Waals surface area (Å²) in [5, 5.41) is 0. The maximum Gasteiger partial charge on any atom is 0.156 e. The summed E-state index contributed by atoms with van der Waals surface area (Å²) in [6.07, 6.45) is 3.63. The van der Waals surface area contributed by atoms with Gasteiger partial charge in [-0.2, -0.15) is 0 Å². The first-order valence-electron chi connectivity index (χ1n) is 6.48. The van der Waals surface area contributed by atoms with E-state index < -0.39 is 9.84 Å². The molecule has 3 heteroatoms. The third kappa shape index (κ3) is 1.40. The highest BCUT2D eigenvalue weighted by molar-refractivity contribution is 7.93. The van der Waals surface area contributed by atoms with Crippen LogP contribution in [0.25, 0.3) is 0 Å². The Morgan fingerprint density at radius 2 is 1.50 bits per heavy atom. The van der Waals surface area contributed by atoms with Crippen LogP contribution in [0.3, 0.4) is 0 Å². The smallest absolute Gasteiger partial charge is 0.156 e. The molecule has 1 saturated heterocycles. The van der Waals surface area contributed by atoms with Crippen LogP contribution in [0.2, 0.25) is 0 Å². The van der Waals surface area contributed by atoms with Crippen LogP contribution >= 0.6 is 0 Å². The van der Waals surface area contributed by atoms with E-state index in [-0.39, 0.29) is 10.2 Å². The van der Waals surface area contributed by atoms with Gasteiger partial charge in [0, 0.05) is 0 Å². The maximum atomic E-state index is 12.1. The highest BCUT2D eigenvalue weighted by Crippen LogP contribution is 2.63. The Hall–Kier alpha value is -0.0500. The molecule has 1 spiro atoms. The van der Waals surface area contributed by atoms with Crippen LogP contribution in [0.1, 0.15) is 53.4 Å². The summed E-state index contributed by atoms with van der Waals surface area (Å²) in [5.74, 6) is 1.61. The number of sulfone groups is 1. The van der Waals surface area contributed by atoms with Crippen molar-refractivity contribution in [2.45, 2.75) is 58.1 Å². The summed E-state index contributed by atoms with van der Waals surface area (Å²) in [6.45, 7) is 8.98. The molecule has 1 heterocycles. The van der Waals surface area contributed by atoms with Crippen LogP contribution in [0.5, 0.6) is 0 Å². The van der Waals surface area contributed by atoms with Crippen LogP contribution in [0.15, 0.2) is 0 Å². The fourth-order valence-electron chi connectivity index (χ4n) is 3.98. The van der Waals surface area contributed by atoms with E-state index >= 15 is 0 Å². The van der Waals surface area contributed by atoms with Crippen molar-refractivity contribution >= 4 is 9.84 Å². The van der Waals surface area contributed by atoms with Gasteiger partial charge in [0.2, 0.25) is 0 Å². The van der Waals surface area contributed by atoms with E-state index in [9.17, 15) is 8.42 Å². The number of rotatable bonds is 2. The van der Waals surface area contributed by atoms with E-state index in [1.165, 1.54) is 0 Å². The highest BCUT2D eigenvalue weighted by Gasteiger charge is 2.64. The molecule has 1 aliphatic carbocycles. The van der Waals surface area contributed by atoms with Gasteiger partial charge in [-0.15, -0.1) is 0 Å². The van der Waals surface area contributed by atoms with Crippen molar-refractivity contribution < 1.29 is 8.42 Å². The van der Waals surface area contributed by atoms with Crippen molar-refractivity contribution in [2.75, 3.05) is 5.75 Å². The average Bonchev–Trinajstić information content (AvgIpc) is 2.35. The Kier molecular flexibility index (Phi) is 2.69. The summed E-state index contributed by atoms with van der Waals surface area (Å²) in [7, 11) is -2.79. The van der Waals surface area contributed by atoms with Gasteiger partial charge in [-0.25, -0.2) is 8.42 Å². The molecule has 0 amide bonds. The van der Waals surface area contributed by atoms with E-state index in [1.54, 1.807) is 0 Å². The van der Waals surface area contributed by atoms with Gasteiger partial charge < -0.3 is 0 Å². The van der Waals surface area contributed by atoms with Crippen molar-refractivity contribution in [1.82, 2.24) is 0 Å². The van der Waals surface area contributed by atoms with E-state index in [1.807, 2.05) is 0 Å². The molecule has 2 fully saturated rings. The topological polar surface area (TPSA) is 34.1 Å². The quantitative estimate of drug-likeness (QED) is 0.748. The number of hydrogen-bond acceptors (Lipinski definition) is 2. The first kappa shape index (κ1) is 12.4. The molecule has 2 aliphatic rings. The van der Waals surface area contributed by atoms with E-state index in [0.29, 0.717) is 17.6 Å². The molecular formula is C13H24O2S. The molecule has 16 heavy (non-hydrogen) atoms. The predicted molar refractivity (Wildman–Crippen MR) is 67.1 cm³/mol. The lowest BCUT2D eigenvalue weighted by molar-refractivity contribution is -0.0243. The maximum absolute atomic E-state index is 12.1. The number of hydrogen-bond donors (Lipinski definition) is 0. The zero-order chi connectivity index (χ0) is 12.2. The van der Waals surface area contributed by atoms with E-state index in [0.717, 1.165) is 25.7 Å². The molecule has 0 radical (unpaired) electrons. The van der Waals surface area contributed by atoms with Gasteiger partial charge in [-0.3, -0.25) is 0 Å². The van der Waals surface area contributed by atoms with E-state index in [4.69, 9.17) is 0 Å². The lowest BCUT2D eigenvalue weighted by Gasteiger charge is -2.59. The summed E-state index contributed by atoms with van der Waals surface area (Å²) in [6, 6.07) is 0. The Labute approximate surface area is 99.7 Å². The zero-order valence-electron chi connectivity index (χ0n) is 10.9. The van der Waals surface area contributed by atoms with Crippen molar-refractivity contribution in [3.8, 4) is 0 Å². The molecule has 0 bridgehead atoms. The lowest BCUT2D eigenvalue weighted by Crippen LogP contribution is -2.58. The summed E-state index contributed by atoms with van der Waals surface area (Å²) in [4.78, 5) is 0. The second-order valence-electron chi connectivity index (χ2n) is 6.50. The molecule has 0 unspecified atom stereocenters. The summed E-state index contributed by atoms with van der Waals surface area (Å²) in [5.41, 5.74) is 0.275. The van der Waals surface area contributed by atoms with Gasteiger partial charge in [-0.1, -0.05) is 27.7 Å². The molecule has 1 saturated carbocycles. The molecule has 2 rings (SSSR count). The standard InChI is InChI=1S/C13H24O2S/c1-10(2)13(11(3)4)8-12(9-13)6-5-7-16(12,14)15/h10-11H,5-9H2,1-4H3. The minimum Gasteiger partial charge on any atom is -0.228 e. The van der Waals surface area contributed by atoms with Crippen molar-refractivity contribution in [3.05, 3.63) is 0 Å². The molecule has 0 aromatic carbocycles. The minimum absolute atomic E-state index is 0.275. The average molecular weight is 244 g/mol. The Morgan fingerprint density at radius 1 is 1.00 bits per heavy atom. The third-order valence-corrected chi connectivity index (χ3v) is 7.95. The van der Waals surface area contributed by atoms with Gasteiger partial charge in [-0.05, 0) is 42.9 Å². The Morgan fingerprint density at radius 3 is 1.81 bits per heavy atom.